The quantitative estimate of drug-likeness (QED) is 0.705. The third kappa shape index (κ3) is 3.54. The molecule has 1 aromatic heterocycles. The number of anilines is 1. The zero-order valence-corrected chi connectivity index (χ0v) is 15.9. The van der Waals surface area contributed by atoms with Crippen LogP contribution in [0.25, 0.3) is 10.9 Å². The van der Waals surface area contributed by atoms with Crippen molar-refractivity contribution >= 4 is 22.5 Å². The molecule has 0 atom stereocenters. The predicted molar refractivity (Wildman–Crippen MR) is 110 cm³/mol. The van der Waals surface area contributed by atoms with Crippen LogP contribution >= 0.6 is 0 Å². The highest BCUT2D eigenvalue weighted by atomic mass is 16.2. The fraction of sp³-hybridized carbons (Fsp3) is 0.261. The lowest BCUT2D eigenvalue weighted by molar-refractivity contribution is -0.131. The van der Waals surface area contributed by atoms with Gasteiger partial charge in [-0.3, -0.25) is 9.78 Å². The van der Waals surface area contributed by atoms with Crippen LogP contribution in [0.2, 0.25) is 0 Å². The van der Waals surface area contributed by atoms with Crippen molar-refractivity contribution in [1.82, 2.24) is 9.88 Å². The molecule has 140 valence electrons. The molecule has 1 fully saturated rings. The van der Waals surface area contributed by atoms with Gasteiger partial charge < -0.3 is 9.80 Å². The van der Waals surface area contributed by atoms with E-state index in [0.29, 0.717) is 25.2 Å². The molecule has 1 amide bonds. The van der Waals surface area contributed by atoms with Gasteiger partial charge in [0.15, 0.2) is 0 Å². The van der Waals surface area contributed by atoms with E-state index in [1.54, 1.807) is 12.1 Å². The minimum Gasteiger partial charge on any atom is -0.360 e. The van der Waals surface area contributed by atoms with Crippen molar-refractivity contribution < 1.29 is 4.79 Å². The van der Waals surface area contributed by atoms with Crippen LogP contribution in [0.3, 0.4) is 0 Å². The van der Waals surface area contributed by atoms with Gasteiger partial charge >= 0.3 is 0 Å². The normalized spacial score (nSPS) is 14.4. The zero-order chi connectivity index (χ0) is 19.5. The molecular formula is C23H22N4O. The van der Waals surface area contributed by atoms with E-state index in [0.717, 1.165) is 40.8 Å². The van der Waals surface area contributed by atoms with Gasteiger partial charge in [-0.05, 0) is 36.2 Å². The minimum atomic E-state index is 0.120. The van der Waals surface area contributed by atoms with Gasteiger partial charge in [0.25, 0.3) is 0 Å². The maximum Gasteiger partial charge on any atom is 0.242 e. The number of hydrogen-bond acceptors (Lipinski definition) is 4. The summed E-state index contributed by atoms with van der Waals surface area (Å²) in [4.78, 5) is 21.6. The number of pyridine rings is 1. The zero-order valence-electron chi connectivity index (χ0n) is 15.9. The van der Waals surface area contributed by atoms with Crippen LogP contribution < -0.4 is 4.90 Å². The van der Waals surface area contributed by atoms with Gasteiger partial charge in [0.1, 0.15) is 0 Å². The summed E-state index contributed by atoms with van der Waals surface area (Å²) in [6.45, 7) is 4.51. The fourth-order valence-corrected chi connectivity index (χ4v) is 3.64. The summed E-state index contributed by atoms with van der Waals surface area (Å²) in [6.07, 6.45) is 0.866. The number of piperazine rings is 1. The van der Waals surface area contributed by atoms with E-state index >= 15 is 0 Å². The Hall–Kier alpha value is -3.39. The first-order valence-corrected chi connectivity index (χ1v) is 9.58. The van der Waals surface area contributed by atoms with Crippen molar-refractivity contribution in [2.24, 2.45) is 0 Å². The number of rotatable bonds is 4. The SMILES string of the molecule is CCc1cc(N2CCN(Cc3ccc(C#N)cc3)C(=O)C2)c2ccccc2n1. The number of para-hydroxylation sites is 1. The number of aryl methyl sites for hydroxylation is 1. The molecule has 28 heavy (non-hydrogen) atoms. The number of benzene rings is 2. The maximum absolute atomic E-state index is 12.8. The molecule has 2 aromatic carbocycles. The van der Waals surface area contributed by atoms with Crippen molar-refractivity contribution in [3.63, 3.8) is 0 Å². The van der Waals surface area contributed by atoms with E-state index in [4.69, 9.17) is 10.2 Å². The molecule has 4 rings (SSSR count). The summed E-state index contributed by atoms with van der Waals surface area (Å²) in [5.41, 5.74) is 4.79. The predicted octanol–water partition coefficient (Wildman–Crippen LogP) is 3.52. The van der Waals surface area contributed by atoms with E-state index in [1.165, 1.54) is 0 Å². The summed E-state index contributed by atoms with van der Waals surface area (Å²) in [7, 11) is 0. The molecule has 0 saturated carbocycles. The van der Waals surface area contributed by atoms with Crippen molar-refractivity contribution in [3.8, 4) is 6.07 Å². The van der Waals surface area contributed by atoms with Crippen molar-refractivity contribution in [1.29, 1.82) is 5.26 Å². The summed E-state index contributed by atoms with van der Waals surface area (Å²) < 4.78 is 0. The second-order valence-corrected chi connectivity index (χ2v) is 7.05. The second-order valence-electron chi connectivity index (χ2n) is 7.05. The Morgan fingerprint density at radius 2 is 1.89 bits per heavy atom. The molecule has 5 nitrogen and oxygen atoms in total. The number of amides is 1. The van der Waals surface area contributed by atoms with Gasteiger partial charge in [0, 0.05) is 36.4 Å². The molecule has 1 saturated heterocycles. The van der Waals surface area contributed by atoms with Gasteiger partial charge in [-0.25, -0.2) is 0 Å². The lowest BCUT2D eigenvalue weighted by Gasteiger charge is -2.36. The molecule has 0 aliphatic carbocycles. The molecule has 0 unspecified atom stereocenters. The molecule has 0 spiro atoms. The Kier molecular flexibility index (Phi) is 4.94. The average Bonchev–Trinajstić information content (AvgIpc) is 2.75. The number of nitriles is 1. The molecule has 3 aromatic rings. The Balaban J connectivity index is 1.53. The van der Waals surface area contributed by atoms with Crippen LogP contribution in [0.4, 0.5) is 5.69 Å². The van der Waals surface area contributed by atoms with Crippen molar-refractivity contribution in [3.05, 3.63) is 71.4 Å². The molecule has 1 aliphatic heterocycles. The maximum atomic E-state index is 12.8. The van der Waals surface area contributed by atoms with E-state index in [2.05, 4.69) is 30.0 Å². The second kappa shape index (κ2) is 7.69. The summed E-state index contributed by atoms with van der Waals surface area (Å²) in [5.74, 6) is 0.120. The first-order valence-electron chi connectivity index (χ1n) is 9.58. The molecule has 2 heterocycles. The third-order valence-electron chi connectivity index (χ3n) is 5.23. The molecule has 0 bridgehead atoms. The highest BCUT2D eigenvalue weighted by molar-refractivity contribution is 5.94. The minimum absolute atomic E-state index is 0.120. The van der Waals surface area contributed by atoms with Crippen molar-refractivity contribution in [2.75, 3.05) is 24.5 Å². The summed E-state index contributed by atoms with van der Waals surface area (Å²) in [5, 5.41) is 10.0. The third-order valence-corrected chi connectivity index (χ3v) is 5.23. The Labute approximate surface area is 164 Å². The first kappa shape index (κ1) is 18.0. The Bertz CT molecular complexity index is 1050. The van der Waals surface area contributed by atoms with E-state index < -0.39 is 0 Å². The highest BCUT2D eigenvalue weighted by Gasteiger charge is 2.25. The number of hydrogen-bond donors (Lipinski definition) is 0. The molecule has 0 radical (unpaired) electrons. The van der Waals surface area contributed by atoms with Gasteiger partial charge in [-0.15, -0.1) is 0 Å². The number of carbonyl (C=O) groups is 1. The van der Waals surface area contributed by atoms with E-state index in [-0.39, 0.29) is 5.91 Å². The lowest BCUT2D eigenvalue weighted by atomic mass is 10.1. The first-order chi connectivity index (χ1) is 13.7. The van der Waals surface area contributed by atoms with Crippen LogP contribution in [0.15, 0.2) is 54.6 Å². The molecule has 5 heteroatoms. The standard InChI is InChI=1S/C23H22N4O/c1-2-19-13-22(20-5-3-4-6-21(20)25-19)26-11-12-27(23(28)16-26)15-18-9-7-17(14-24)8-10-18/h3-10,13H,2,11-12,15-16H2,1H3. The van der Waals surface area contributed by atoms with Crippen molar-refractivity contribution in [2.45, 2.75) is 19.9 Å². The van der Waals surface area contributed by atoms with Gasteiger partial charge in [-0.2, -0.15) is 5.26 Å². The number of carbonyl (C=O) groups excluding carboxylic acids is 1. The van der Waals surface area contributed by atoms with Gasteiger partial charge in [-0.1, -0.05) is 37.3 Å². The van der Waals surface area contributed by atoms with Crippen LogP contribution in [0.5, 0.6) is 0 Å². The lowest BCUT2D eigenvalue weighted by Crippen LogP contribution is -2.50. The Morgan fingerprint density at radius 1 is 1.11 bits per heavy atom. The van der Waals surface area contributed by atoms with Crippen LogP contribution in [-0.2, 0) is 17.8 Å². The number of fused-ring (bicyclic) bond motifs is 1. The number of aromatic nitrogens is 1. The smallest absolute Gasteiger partial charge is 0.242 e. The largest absolute Gasteiger partial charge is 0.360 e. The van der Waals surface area contributed by atoms with Crippen LogP contribution in [0.1, 0.15) is 23.7 Å². The summed E-state index contributed by atoms with van der Waals surface area (Å²) >= 11 is 0. The fourth-order valence-electron chi connectivity index (χ4n) is 3.64. The summed E-state index contributed by atoms with van der Waals surface area (Å²) in [6, 6.07) is 19.8. The van der Waals surface area contributed by atoms with Crippen LogP contribution in [0, 0.1) is 11.3 Å². The monoisotopic (exact) mass is 370 g/mol. The Morgan fingerprint density at radius 3 is 2.61 bits per heavy atom. The molecular weight excluding hydrogens is 348 g/mol. The topological polar surface area (TPSA) is 60.2 Å². The van der Waals surface area contributed by atoms with E-state index in [9.17, 15) is 4.79 Å². The molecule has 1 aliphatic rings. The van der Waals surface area contributed by atoms with Crippen LogP contribution in [-0.4, -0.2) is 35.4 Å². The number of nitrogens with zero attached hydrogens (tertiary/aromatic N) is 4. The van der Waals surface area contributed by atoms with Gasteiger partial charge in [0.05, 0.1) is 23.7 Å². The highest BCUT2D eigenvalue weighted by Crippen LogP contribution is 2.28. The van der Waals surface area contributed by atoms with E-state index in [1.807, 2.05) is 35.2 Å². The average molecular weight is 370 g/mol. The van der Waals surface area contributed by atoms with Gasteiger partial charge in [0.2, 0.25) is 5.91 Å². The molecule has 0 N–H and O–H groups in total.